The van der Waals surface area contributed by atoms with Gasteiger partial charge in [-0.15, -0.1) is 0 Å². The van der Waals surface area contributed by atoms with E-state index < -0.39 is 0 Å². The number of nitrogens with zero attached hydrogens (tertiary/aromatic N) is 2. The van der Waals surface area contributed by atoms with Crippen molar-refractivity contribution in [2.45, 2.75) is 46.1 Å². The Morgan fingerprint density at radius 2 is 1.89 bits per heavy atom. The van der Waals surface area contributed by atoms with Gasteiger partial charge in [0.1, 0.15) is 5.65 Å². The first-order chi connectivity index (χ1) is 8.72. The second kappa shape index (κ2) is 5.80. The van der Waals surface area contributed by atoms with Gasteiger partial charge in [-0.05, 0) is 31.5 Å². The third-order valence-electron chi connectivity index (χ3n) is 3.21. The minimum absolute atomic E-state index is 0.0529. The molecule has 0 saturated heterocycles. The van der Waals surface area contributed by atoms with Crippen molar-refractivity contribution >= 4 is 11.0 Å². The van der Waals surface area contributed by atoms with Crippen molar-refractivity contribution in [2.24, 2.45) is 0 Å². The zero-order chi connectivity index (χ0) is 13.0. The molecule has 2 aromatic rings. The maximum absolute atomic E-state index is 11.9. The fourth-order valence-corrected chi connectivity index (χ4v) is 2.17. The topological polar surface area (TPSA) is 34.9 Å². The van der Waals surface area contributed by atoms with Crippen LogP contribution in [0.4, 0.5) is 0 Å². The molecule has 2 rings (SSSR count). The van der Waals surface area contributed by atoms with E-state index in [9.17, 15) is 4.79 Å². The van der Waals surface area contributed by atoms with Crippen LogP contribution in [0.25, 0.3) is 11.0 Å². The average Bonchev–Trinajstić information content (AvgIpc) is 2.36. The fraction of sp³-hybridized carbons (Fsp3) is 0.467. The van der Waals surface area contributed by atoms with Gasteiger partial charge in [-0.2, -0.15) is 0 Å². The third kappa shape index (κ3) is 2.78. The molecule has 0 fully saturated rings. The van der Waals surface area contributed by atoms with Crippen LogP contribution in [0.5, 0.6) is 0 Å². The molecule has 0 radical (unpaired) electrons. The molecule has 0 aliphatic carbocycles. The number of pyridine rings is 2. The van der Waals surface area contributed by atoms with Gasteiger partial charge in [-0.1, -0.05) is 26.2 Å². The Morgan fingerprint density at radius 1 is 1.11 bits per heavy atom. The van der Waals surface area contributed by atoms with Gasteiger partial charge in [0.05, 0.1) is 0 Å². The van der Waals surface area contributed by atoms with Crippen LogP contribution in [0.1, 0.15) is 38.3 Å². The molecule has 0 amide bonds. The van der Waals surface area contributed by atoms with Crippen molar-refractivity contribution in [1.82, 2.24) is 9.55 Å². The number of hydrogen-bond acceptors (Lipinski definition) is 2. The van der Waals surface area contributed by atoms with E-state index in [2.05, 4.69) is 11.9 Å². The first-order valence-electron chi connectivity index (χ1n) is 6.69. The van der Waals surface area contributed by atoms with Crippen molar-refractivity contribution < 1.29 is 0 Å². The number of rotatable bonds is 5. The molecule has 0 saturated carbocycles. The molecule has 0 atom stereocenters. The van der Waals surface area contributed by atoms with Crippen molar-refractivity contribution in [3.8, 4) is 0 Å². The lowest BCUT2D eigenvalue weighted by Crippen LogP contribution is -2.20. The van der Waals surface area contributed by atoms with Crippen LogP contribution in [-0.2, 0) is 6.54 Å². The molecule has 3 nitrogen and oxygen atoms in total. The van der Waals surface area contributed by atoms with Gasteiger partial charge in [0, 0.05) is 23.7 Å². The molecule has 2 aromatic heterocycles. The summed E-state index contributed by atoms with van der Waals surface area (Å²) in [7, 11) is 0. The summed E-state index contributed by atoms with van der Waals surface area (Å²) in [5.74, 6) is 0. The summed E-state index contributed by atoms with van der Waals surface area (Å²) in [6.07, 6.45) is 4.65. The van der Waals surface area contributed by atoms with Crippen LogP contribution in [-0.4, -0.2) is 9.55 Å². The highest BCUT2D eigenvalue weighted by Crippen LogP contribution is 2.11. The summed E-state index contributed by atoms with van der Waals surface area (Å²) in [5.41, 5.74) is 1.83. The van der Waals surface area contributed by atoms with E-state index in [1.54, 1.807) is 10.6 Å². The van der Waals surface area contributed by atoms with Crippen molar-refractivity contribution in [3.05, 3.63) is 40.3 Å². The lowest BCUT2D eigenvalue weighted by atomic mass is 10.2. The van der Waals surface area contributed by atoms with Gasteiger partial charge in [-0.25, -0.2) is 4.98 Å². The van der Waals surface area contributed by atoms with Gasteiger partial charge < -0.3 is 0 Å². The second-order valence-corrected chi connectivity index (χ2v) is 4.75. The molecular weight excluding hydrogens is 224 g/mol. The van der Waals surface area contributed by atoms with Crippen LogP contribution in [0.15, 0.2) is 29.1 Å². The van der Waals surface area contributed by atoms with E-state index in [1.165, 1.54) is 19.3 Å². The van der Waals surface area contributed by atoms with E-state index in [4.69, 9.17) is 0 Å². The lowest BCUT2D eigenvalue weighted by molar-refractivity contribution is 0.580. The number of hydrogen-bond donors (Lipinski definition) is 0. The van der Waals surface area contributed by atoms with Crippen LogP contribution in [0, 0.1) is 6.92 Å². The Hall–Kier alpha value is -1.64. The summed E-state index contributed by atoms with van der Waals surface area (Å²) in [5, 5.41) is 1.04. The highest BCUT2D eigenvalue weighted by molar-refractivity contribution is 5.74. The summed E-state index contributed by atoms with van der Waals surface area (Å²) in [6.45, 7) is 4.92. The van der Waals surface area contributed by atoms with Crippen LogP contribution >= 0.6 is 0 Å². The minimum atomic E-state index is 0.0529. The molecule has 0 bridgehead atoms. The van der Waals surface area contributed by atoms with E-state index in [0.717, 1.165) is 29.7 Å². The molecule has 18 heavy (non-hydrogen) atoms. The maximum Gasteiger partial charge on any atom is 0.252 e. The Bertz CT molecular complexity index is 587. The van der Waals surface area contributed by atoms with Gasteiger partial charge >= 0.3 is 0 Å². The first kappa shape index (κ1) is 12.8. The summed E-state index contributed by atoms with van der Waals surface area (Å²) in [4.78, 5) is 16.4. The number of unbranched alkanes of at least 4 members (excludes halogenated alkanes) is 3. The van der Waals surface area contributed by atoms with Crippen LogP contribution in [0.3, 0.4) is 0 Å². The van der Waals surface area contributed by atoms with Crippen LogP contribution < -0.4 is 5.56 Å². The average molecular weight is 244 g/mol. The molecule has 0 aromatic carbocycles. The highest BCUT2D eigenvalue weighted by atomic mass is 16.1. The SMILES string of the molecule is CCCCCCn1c(=O)ccc2ccc(C)nc21. The minimum Gasteiger partial charge on any atom is -0.293 e. The van der Waals surface area contributed by atoms with Crippen molar-refractivity contribution in [2.75, 3.05) is 0 Å². The van der Waals surface area contributed by atoms with Gasteiger partial charge in [0.25, 0.3) is 5.56 Å². The third-order valence-corrected chi connectivity index (χ3v) is 3.21. The number of aryl methyl sites for hydroxylation is 2. The first-order valence-corrected chi connectivity index (χ1v) is 6.69. The Morgan fingerprint density at radius 3 is 2.67 bits per heavy atom. The standard InChI is InChI=1S/C15H20N2O/c1-3-4-5-6-11-17-14(18)10-9-13-8-7-12(2)16-15(13)17/h7-10H,3-6,11H2,1-2H3. The van der Waals surface area contributed by atoms with E-state index >= 15 is 0 Å². The highest BCUT2D eigenvalue weighted by Gasteiger charge is 2.04. The Balaban J connectivity index is 2.32. The summed E-state index contributed by atoms with van der Waals surface area (Å²) < 4.78 is 1.80. The molecule has 2 heterocycles. The van der Waals surface area contributed by atoms with Gasteiger partial charge in [0.15, 0.2) is 0 Å². The normalized spacial score (nSPS) is 11.0. The summed E-state index contributed by atoms with van der Waals surface area (Å²) >= 11 is 0. The van der Waals surface area contributed by atoms with Crippen molar-refractivity contribution in [1.29, 1.82) is 0 Å². The smallest absolute Gasteiger partial charge is 0.252 e. The molecular formula is C15H20N2O. The lowest BCUT2D eigenvalue weighted by Gasteiger charge is -2.09. The molecule has 0 aliphatic heterocycles. The van der Waals surface area contributed by atoms with Gasteiger partial charge in [-0.3, -0.25) is 9.36 Å². The quantitative estimate of drug-likeness (QED) is 0.756. The second-order valence-electron chi connectivity index (χ2n) is 4.75. The van der Waals surface area contributed by atoms with Gasteiger partial charge in [0.2, 0.25) is 0 Å². The Labute approximate surface area is 107 Å². The monoisotopic (exact) mass is 244 g/mol. The maximum atomic E-state index is 11.9. The number of fused-ring (bicyclic) bond motifs is 1. The van der Waals surface area contributed by atoms with Crippen LogP contribution in [0.2, 0.25) is 0 Å². The van der Waals surface area contributed by atoms with E-state index in [0.29, 0.717) is 0 Å². The molecule has 0 spiro atoms. The summed E-state index contributed by atoms with van der Waals surface area (Å²) in [6, 6.07) is 7.50. The molecule has 3 heteroatoms. The zero-order valence-electron chi connectivity index (χ0n) is 11.1. The molecule has 96 valence electrons. The zero-order valence-corrected chi connectivity index (χ0v) is 11.1. The predicted molar refractivity (Wildman–Crippen MR) is 74.9 cm³/mol. The molecule has 0 aliphatic rings. The number of aromatic nitrogens is 2. The Kier molecular flexibility index (Phi) is 4.13. The van der Waals surface area contributed by atoms with E-state index in [-0.39, 0.29) is 5.56 Å². The largest absolute Gasteiger partial charge is 0.293 e. The van der Waals surface area contributed by atoms with Crippen molar-refractivity contribution in [3.63, 3.8) is 0 Å². The van der Waals surface area contributed by atoms with E-state index in [1.807, 2.05) is 25.1 Å². The molecule has 0 N–H and O–H groups in total. The predicted octanol–water partition coefficient (Wildman–Crippen LogP) is 3.29. The fourth-order valence-electron chi connectivity index (χ4n) is 2.17. The molecule has 0 unspecified atom stereocenters.